The lowest BCUT2D eigenvalue weighted by molar-refractivity contribution is 0.376. The molecule has 78 valence electrons. The maximum Gasteiger partial charge on any atom is -0.00419 e. The number of unbranched alkanes of at least 4 members (excludes halogenated alkanes) is 3. The number of hydrogen-bond acceptors (Lipinski definition) is 1. The van der Waals surface area contributed by atoms with Gasteiger partial charge in [0.25, 0.3) is 0 Å². The summed E-state index contributed by atoms with van der Waals surface area (Å²) in [7, 11) is 0. The van der Waals surface area contributed by atoms with E-state index < -0.39 is 0 Å². The zero-order chi connectivity index (χ0) is 10.2. The second-order valence-corrected chi connectivity index (χ2v) is 4.57. The molecule has 0 aromatic carbocycles. The molecule has 1 unspecified atom stereocenters. The van der Waals surface area contributed by atoms with Gasteiger partial charge >= 0.3 is 0 Å². The Balaban J connectivity index is 3.74. The van der Waals surface area contributed by atoms with Crippen LogP contribution in [-0.2, 0) is 0 Å². The molecular weight excluding hydrogens is 176 g/mol. The third-order valence-corrected chi connectivity index (χ3v) is 3.31. The number of rotatable bonds is 8. The van der Waals surface area contributed by atoms with Crippen molar-refractivity contribution in [2.75, 3.05) is 0 Å². The third kappa shape index (κ3) is 6.20. The van der Waals surface area contributed by atoms with Crippen molar-refractivity contribution in [1.82, 2.24) is 0 Å². The van der Waals surface area contributed by atoms with E-state index in [4.69, 9.17) is 12.2 Å². The SMILES string of the molecule is CCCCCC(C)(C=S)CCCC. The summed E-state index contributed by atoms with van der Waals surface area (Å²) in [5.74, 6) is 0. The summed E-state index contributed by atoms with van der Waals surface area (Å²) < 4.78 is 0. The molecule has 0 fully saturated rings. The van der Waals surface area contributed by atoms with E-state index in [9.17, 15) is 0 Å². The Hall–Kier alpha value is 0.0900. The van der Waals surface area contributed by atoms with Crippen LogP contribution in [0.4, 0.5) is 0 Å². The Morgan fingerprint density at radius 3 is 2.00 bits per heavy atom. The highest BCUT2D eigenvalue weighted by molar-refractivity contribution is 7.79. The maximum atomic E-state index is 5.12. The molecule has 0 heterocycles. The molecule has 0 radical (unpaired) electrons. The van der Waals surface area contributed by atoms with E-state index >= 15 is 0 Å². The average Bonchev–Trinajstić information content (AvgIpc) is 2.15. The van der Waals surface area contributed by atoms with Gasteiger partial charge in [-0.3, -0.25) is 0 Å². The molecule has 0 saturated carbocycles. The van der Waals surface area contributed by atoms with Crippen LogP contribution in [0.1, 0.15) is 65.7 Å². The molecule has 1 atom stereocenters. The Bertz CT molecular complexity index is 131. The Morgan fingerprint density at radius 1 is 1.00 bits per heavy atom. The molecule has 0 aliphatic carbocycles. The van der Waals surface area contributed by atoms with E-state index in [1.54, 1.807) is 0 Å². The fourth-order valence-electron chi connectivity index (χ4n) is 1.60. The van der Waals surface area contributed by atoms with Crippen molar-refractivity contribution < 1.29 is 0 Å². The highest BCUT2D eigenvalue weighted by Gasteiger charge is 2.19. The zero-order valence-electron chi connectivity index (χ0n) is 9.44. The molecule has 1 heteroatoms. The monoisotopic (exact) mass is 200 g/mol. The first kappa shape index (κ1) is 13.1. The van der Waals surface area contributed by atoms with Crippen molar-refractivity contribution in [3.63, 3.8) is 0 Å². The van der Waals surface area contributed by atoms with E-state index in [0.29, 0.717) is 5.41 Å². The Morgan fingerprint density at radius 2 is 1.54 bits per heavy atom. The zero-order valence-corrected chi connectivity index (χ0v) is 10.3. The fourth-order valence-corrected chi connectivity index (χ4v) is 1.84. The summed E-state index contributed by atoms with van der Waals surface area (Å²) in [6.07, 6.45) is 9.15. The van der Waals surface area contributed by atoms with Gasteiger partial charge in [-0.25, -0.2) is 0 Å². The first-order valence-corrected chi connectivity index (χ1v) is 6.12. The molecule has 0 rings (SSSR count). The molecule has 0 N–H and O–H groups in total. The van der Waals surface area contributed by atoms with Gasteiger partial charge in [-0.15, -0.1) is 0 Å². The van der Waals surface area contributed by atoms with Gasteiger partial charge in [-0.1, -0.05) is 65.1 Å². The third-order valence-electron chi connectivity index (χ3n) is 2.74. The molecule has 0 saturated heterocycles. The minimum Gasteiger partial charge on any atom is -0.0929 e. The summed E-state index contributed by atoms with van der Waals surface area (Å²) in [6.45, 7) is 6.81. The molecule has 13 heavy (non-hydrogen) atoms. The van der Waals surface area contributed by atoms with Gasteiger partial charge in [-0.05, 0) is 23.6 Å². The molecule has 0 amide bonds. The van der Waals surface area contributed by atoms with Gasteiger partial charge < -0.3 is 0 Å². The molecule has 0 aromatic rings. The first-order chi connectivity index (χ1) is 6.18. The van der Waals surface area contributed by atoms with Crippen LogP contribution < -0.4 is 0 Å². The second-order valence-electron chi connectivity index (χ2n) is 4.33. The van der Waals surface area contributed by atoms with E-state index in [1.807, 2.05) is 5.37 Å². The van der Waals surface area contributed by atoms with E-state index in [-0.39, 0.29) is 0 Å². The van der Waals surface area contributed by atoms with E-state index in [1.165, 1.54) is 44.9 Å². The fraction of sp³-hybridized carbons (Fsp3) is 0.917. The predicted octanol–water partition coefficient (Wildman–Crippen LogP) is 4.76. The lowest BCUT2D eigenvalue weighted by atomic mass is 9.82. The van der Waals surface area contributed by atoms with Gasteiger partial charge in [0, 0.05) is 0 Å². The smallest absolute Gasteiger partial charge is 0.00419 e. The van der Waals surface area contributed by atoms with Crippen molar-refractivity contribution in [2.45, 2.75) is 65.7 Å². The van der Waals surface area contributed by atoms with Crippen LogP contribution in [0.2, 0.25) is 0 Å². The van der Waals surface area contributed by atoms with Gasteiger partial charge in [0.1, 0.15) is 0 Å². The minimum atomic E-state index is 0.334. The van der Waals surface area contributed by atoms with Crippen molar-refractivity contribution in [2.24, 2.45) is 5.41 Å². The van der Waals surface area contributed by atoms with Crippen LogP contribution in [0, 0.1) is 5.41 Å². The lowest BCUT2D eigenvalue weighted by Crippen LogP contribution is -2.16. The van der Waals surface area contributed by atoms with Gasteiger partial charge in [0.2, 0.25) is 0 Å². The molecule has 0 aliphatic heterocycles. The van der Waals surface area contributed by atoms with Crippen LogP contribution in [0.25, 0.3) is 0 Å². The van der Waals surface area contributed by atoms with Crippen LogP contribution in [0.5, 0.6) is 0 Å². The summed E-state index contributed by atoms with van der Waals surface area (Å²) in [6, 6.07) is 0. The normalized spacial score (nSPS) is 15.3. The molecule has 0 aliphatic rings. The molecule has 0 aromatic heterocycles. The molecule has 0 bridgehead atoms. The topological polar surface area (TPSA) is 0 Å². The molecule has 0 nitrogen and oxygen atoms in total. The van der Waals surface area contributed by atoms with Crippen LogP contribution >= 0.6 is 12.2 Å². The van der Waals surface area contributed by atoms with Crippen LogP contribution in [0.15, 0.2) is 0 Å². The van der Waals surface area contributed by atoms with E-state index in [0.717, 1.165) is 0 Å². The van der Waals surface area contributed by atoms with Gasteiger partial charge in [-0.2, -0.15) is 0 Å². The molecule has 0 spiro atoms. The summed E-state index contributed by atoms with van der Waals surface area (Å²) in [4.78, 5) is 0. The summed E-state index contributed by atoms with van der Waals surface area (Å²) >= 11 is 5.12. The Kier molecular flexibility index (Phi) is 7.54. The predicted molar refractivity (Wildman–Crippen MR) is 65.4 cm³/mol. The van der Waals surface area contributed by atoms with Gasteiger partial charge in [0.15, 0.2) is 0 Å². The molecular formula is C12H24S. The average molecular weight is 200 g/mol. The first-order valence-electron chi connectivity index (χ1n) is 5.65. The number of thiocarbonyl (C=S) groups is 1. The lowest BCUT2D eigenvalue weighted by Gasteiger charge is -2.24. The largest absolute Gasteiger partial charge is 0.0929 e. The van der Waals surface area contributed by atoms with Crippen LogP contribution in [0.3, 0.4) is 0 Å². The standard InChI is InChI=1S/C12H24S/c1-4-6-8-10-12(3,11-13)9-7-5-2/h11H,4-10H2,1-3H3. The van der Waals surface area contributed by atoms with E-state index in [2.05, 4.69) is 20.8 Å². The number of hydrogen-bond donors (Lipinski definition) is 0. The quantitative estimate of drug-likeness (QED) is 0.402. The maximum absolute atomic E-state index is 5.12. The second kappa shape index (κ2) is 7.49. The van der Waals surface area contributed by atoms with Crippen LogP contribution in [-0.4, -0.2) is 5.37 Å². The van der Waals surface area contributed by atoms with Gasteiger partial charge in [0.05, 0.1) is 0 Å². The summed E-state index contributed by atoms with van der Waals surface area (Å²) in [5, 5.41) is 2.00. The minimum absolute atomic E-state index is 0.334. The van der Waals surface area contributed by atoms with Crippen molar-refractivity contribution in [3.8, 4) is 0 Å². The van der Waals surface area contributed by atoms with Crippen molar-refractivity contribution >= 4 is 17.6 Å². The summed E-state index contributed by atoms with van der Waals surface area (Å²) in [5.41, 5.74) is 0.334. The van der Waals surface area contributed by atoms with Crippen molar-refractivity contribution in [3.05, 3.63) is 0 Å². The highest BCUT2D eigenvalue weighted by atomic mass is 32.1. The Labute approximate surface area is 89.1 Å². The highest BCUT2D eigenvalue weighted by Crippen LogP contribution is 2.28. The van der Waals surface area contributed by atoms with Crippen molar-refractivity contribution in [1.29, 1.82) is 0 Å².